The summed E-state index contributed by atoms with van der Waals surface area (Å²) in [5.41, 5.74) is 1.12. The van der Waals surface area contributed by atoms with Gasteiger partial charge in [-0.1, -0.05) is 6.07 Å². The largest absolute Gasteiger partial charge is 0.478 e. The molecule has 0 aliphatic carbocycles. The number of fused-ring (bicyclic) bond motifs is 1. The fourth-order valence-corrected chi connectivity index (χ4v) is 1.28. The maximum absolute atomic E-state index is 10.9. The zero-order valence-electron chi connectivity index (χ0n) is 7.79. The second kappa shape index (κ2) is 3.88. The summed E-state index contributed by atoms with van der Waals surface area (Å²) < 4.78 is 0. The number of nitrogens with zero attached hydrogens (tertiary/aromatic N) is 2. The Morgan fingerprint density at radius 1 is 1.13 bits per heavy atom. The van der Waals surface area contributed by atoms with Crippen molar-refractivity contribution in [2.45, 2.75) is 0 Å². The Labute approximate surface area is 86.3 Å². The molecule has 0 saturated carbocycles. The molecule has 74 valence electrons. The van der Waals surface area contributed by atoms with E-state index in [9.17, 15) is 4.79 Å². The van der Waals surface area contributed by atoms with Crippen LogP contribution in [0.15, 0.2) is 40.3 Å². The zero-order valence-corrected chi connectivity index (χ0v) is 7.79. The Morgan fingerprint density at radius 2 is 1.87 bits per heavy atom. The van der Waals surface area contributed by atoms with E-state index in [0.29, 0.717) is 11.4 Å². The summed E-state index contributed by atoms with van der Waals surface area (Å²) in [4.78, 5) is 19.1. The Hall–Kier alpha value is -2.23. The standard InChI is InChI=1S/C11H8N2O2/c14-11(15)8-4-3-5-9-10(8)13-7-2-1-6-12-9/h1-7H,(H,14,15). The van der Waals surface area contributed by atoms with Gasteiger partial charge in [0, 0.05) is 12.4 Å². The SMILES string of the molecule is O=C(O)c1cccc2c1N=CC=CC=N2. The molecule has 0 radical (unpaired) electrons. The van der Waals surface area contributed by atoms with E-state index in [2.05, 4.69) is 9.98 Å². The molecule has 15 heavy (non-hydrogen) atoms. The molecule has 0 unspecified atom stereocenters. The Bertz CT molecular complexity index is 487. The van der Waals surface area contributed by atoms with Crippen LogP contribution < -0.4 is 0 Å². The van der Waals surface area contributed by atoms with Gasteiger partial charge in [-0.3, -0.25) is 9.98 Å². The number of para-hydroxylation sites is 1. The van der Waals surface area contributed by atoms with E-state index >= 15 is 0 Å². The molecule has 2 rings (SSSR count). The van der Waals surface area contributed by atoms with E-state index in [4.69, 9.17) is 5.11 Å². The number of carboxylic acids is 1. The van der Waals surface area contributed by atoms with Crippen molar-refractivity contribution in [1.29, 1.82) is 0 Å². The molecule has 0 aromatic heterocycles. The molecule has 0 amide bonds. The van der Waals surface area contributed by atoms with Crippen LogP contribution in [0.2, 0.25) is 0 Å². The maximum atomic E-state index is 10.9. The highest BCUT2D eigenvalue weighted by molar-refractivity contribution is 5.99. The first-order valence-electron chi connectivity index (χ1n) is 4.39. The van der Waals surface area contributed by atoms with Crippen LogP contribution >= 0.6 is 0 Å². The molecule has 0 spiro atoms. The number of hydrogen-bond acceptors (Lipinski definition) is 3. The maximum Gasteiger partial charge on any atom is 0.337 e. The van der Waals surface area contributed by atoms with E-state index in [1.54, 1.807) is 36.7 Å². The second-order valence-electron chi connectivity index (χ2n) is 2.92. The summed E-state index contributed by atoms with van der Waals surface area (Å²) in [5.74, 6) is -0.997. The van der Waals surface area contributed by atoms with E-state index in [0.717, 1.165) is 0 Å². The number of carbonyl (C=O) groups is 1. The van der Waals surface area contributed by atoms with Gasteiger partial charge in [-0.05, 0) is 24.3 Å². The van der Waals surface area contributed by atoms with E-state index in [-0.39, 0.29) is 5.56 Å². The number of aromatic carboxylic acids is 1. The average molecular weight is 200 g/mol. The summed E-state index contributed by atoms with van der Waals surface area (Å²) in [6, 6.07) is 4.90. The van der Waals surface area contributed by atoms with Gasteiger partial charge in [0.2, 0.25) is 0 Å². The molecule has 4 nitrogen and oxygen atoms in total. The monoisotopic (exact) mass is 200 g/mol. The number of aliphatic imine (C=N–C) groups is 2. The number of allylic oxidation sites excluding steroid dienone is 2. The summed E-state index contributed by atoms with van der Waals surface area (Å²) in [7, 11) is 0. The fourth-order valence-electron chi connectivity index (χ4n) is 1.28. The van der Waals surface area contributed by atoms with Crippen LogP contribution in [0.3, 0.4) is 0 Å². The van der Waals surface area contributed by atoms with Crippen molar-refractivity contribution in [2.75, 3.05) is 0 Å². The molecular weight excluding hydrogens is 192 g/mol. The third-order valence-electron chi connectivity index (χ3n) is 1.95. The molecular formula is C11H8N2O2. The molecule has 1 heterocycles. The highest BCUT2D eigenvalue weighted by Crippen LogP contribution is 2.31. The summed E-state index contributed by atoms with van der Waals surface area (Å²) in [6.45, 7) is 0. The van der Waals surface area contributed by atoms with Crippen molar-refractivity contribution < 1.29 is 9.90 Å². The minimum Gasteiger partial charge on any atom is -0.478 e. The van der Waals surface area contributed by atoms with Gasteiger partial charge in [-0.25, -0.2) is 4.79 Å². The van der Waals surface area contributed by atoms with Crippen LogP contribution in [0.25, 0.3) is 0 Å². The van der Waals surface area contributed by atoms with Crippen molar-refractivity contribution in [3.05, 3.63) is 35.9 Å². The number of carboxylic acid groups (broad SMARTS) is 1. The fraction of sp³-hybridized carbons (Fsp3) is 0. The Morgan fingerprint density at radius 3 is 2.60 bits per heavy atom. The number of hydrogen-bond donors (Lipinski definition) is 1. The van der Waals surface area contributed by atoms with Crippen molar-refractivity contribution in [3.8, 4) is 0 Å². The third-order valence-corrected chi connectivity index (χ3v) is 1.95. The Balaban J connectivity index is 2.64. The lowest BCUT2D eigenvalue weighted by atomic mass is 10.1. The average Bonchev–Trinajstić information content (AvgIpc) is 2.17. The molecule has 0 bridgehead atoms. The lowest BCUT2D eigenvalue weighted by molar-refractivity contribution is 0.0698. The predicted octanol–water partition coefficient (Wildman–Crippen LogP) is 2.36. The first kappa shape index (κ1) is 9.33. The first-order valence-corrected chi connectivity index (χ1v) is 4.39. The molecule has 0 atom stereocenters. The minimum atomic E-state index is -0.997. The number of benzene rings is 1. The normalized spacial score (nSPS) is 13.1. The third kappa shape index (κ3) is 1.83. The molecule has 1 aromatic carbocycles. The lowest BCUT2D eigenvalue weighted by Crippen LogP contribution is -1.96. The molecule has 4 heteroatoms. The lowest BCUT2D eigenvalue weighted by Gasteiger charge is -2.04. The van der Waals surface area contributed by atoms with Gasteiger partial charge in [-0.15, -0.1) is 0 Å². The smallest absolute Gasteiger partial charge is 0.337 e. The highest BCUT2D eigenvalue weighted by Gasteiger charge is 2.12. The highest BCUT2D eigenvalue weighted by atomic mass is 16.4. The van der Waals surface area contributed by atoms with Crippen molar-refractivity contribution in [2.24, 2.45) is 9.98 Å². The van der Waals surface area contributed by atoms with Gasteiger partial charge in [0.05, 0.1) is 11.3 Å². The van der Waals surface area contributed by atoms with Crippen LogP contribution in [0.5, 0.6) is 0 Å². The van der Waals surface area contributed by atoms with E-state index in [1.165, 1.54) is 6.07 Å². The van der Waals surface area contributed by atoms with Gasteiger partial charge in [0.15, 0.2) is 0 Å². The molecule has 1 aliphatic rings. The summed E-state index contributed by atoms with van der Waals surface area (Å²) >= 11 is 0. The zero-order chi connectivity index (χ0) is 10.7. The molecule has 0 saturated heterocycles. The minimum absolute atomic E-state index is 0.163. The van der Waals surface area contributed by atoms with Crippen LogP contribution in [0, 0.1) is 0 Å². The topological polar surface area (TPSA) is 62.0 Å². The summed E-state index contributed by atoms with van der Waals surface area (Å²) in [6.07, 6.45) is 6.59. The van der Waals surface area contributed by atoms with Gasteiger partial charge >= 0.3 is 5.97 Å². The van der Waals surface area contributed by atoms with Crippen LogP contribution in [-0.2, 0) is 0 Å². The van der Waals surface area contributed by atoms with Gasteiger partial charge < -0.3 is 5.11 Å². The summed E-state index contributed by atoms with van der Waals surface area (Å²) in [5, 5.41) is 8.96. The molecule has 1 N–H and O–H groups in total. The molecule has 0 fully saturated rings. The molecule has 1 aromatic rings. The quantitative estimate of drug-likeness (QED) is 0.756. The Kier molecular flexibility index (Phi) is 2.41. The van der Waals surface area contributed by atoms with E-state index < -0.39 is 5.97 Å². The van der Waals surface area contributed by atoms with Crippen molar-refractivity contribution in [3.63, 3.8) is 0 Å². The van der Waals surface area contributed by atoms with Gasteiger partial charge in [0.25, 0.3) is 0 Å². The molecule has 1 aliphatic heterocycles. The van der Waals surface area contributed by atoms with Gasteiger partial charge in [-0.2, -0.15) is 0 Å². The second-order valence-corrected chi connectivity index (χ2v) is 2.92. The first-order chi connectivity index (χ1) is 7.29. The van der Waals surface area contributed by atoms with Gasteiger partial charge in [0.1, 0.15) is 5.69 Å². The van der Waals surface area contributed by atoms with E-state index in [1.807, 2.05) is 0 Å². The van der Waals surface area contributed by atoms with Crippen LogP contribution in [0.1, 0.15) is 10.4 Å². The number of rotatable bonds is 1. The van der Waals surface area contributed by atoms with Crippen molar-refractivity contribution in [1.82, 2.24) is 0 Å². The predicted molar refractivity (Wildman–Crippen MR) is 58.8 cm³/mol. The van der Waals surface area contributed by atoms with Crippen LogP contribution in [0.4, 0.5) is 11.4 Å². The van der Waals surface area contributed by atoms with Crippen LogP contribution in [-0.4, -0.2) is 23.5 Å². The van der Waals surface area contributed by atoms with Crippen molar-refractivity contribution >= 4 is 29.8 Å².